The Bertz CT molecular complexity index is 1710. The van der Waals surface area contributed by atoms with Crippen molar-refractivity contribution in [1.82, 2.24) is 29.6 Å². The van der Waals surface area contributed by atoms with Crippen molar-refractivity contribution in [1.29, 1.82) is 0 Å². The number of fused-ring (bicyclic) bond motifs is 1. The van der Waals surface area contributed by atoms with Gasteiger partial charge in [0.1, 0.15) is 29.3 Å². The number of carbonyl (C=O) groups excluding carboxylic acids is 2. The van der Waals surface area contributed by atoms with Crippen LogP contribution in [0.4, 0.5) is 16.4 Å². The van der Waals surface area contributed by atoms with Gasteiger partial charge in [0.05, 0.1) is 24.3 Å². The highest BCUT2D eigenvalue weighted by atomic mass is 16.6. The number of ether oxygens (including phenoxy) is 1. The summed E-state index contributed by atoms with van der Waals surface area (Å²) in [6.45, 7) is 11.2. The number of nitrogens with zero attached hydrogens (tertiary/aromatic N) is 8. The predicted octanol–water partition coefficient (Wildman–Crippen LogP) is 5.63. The molecule has 0 radical (unpaired) electrons. The summed E-state index contributed by atoms with van der Waals surface area (Å²) in [7, 11) is 1.69. The zero-order valence-electron chi connectivity index (χ0n) is 26.1. The Hall–Kier alpha value is -4.80. The normalized spacial score (nSPS) is 15.9. The van der Waals surface area contributed by atoms with Crippen molar-refractivity contribution in [2.45, 2.75) is 71.7 Å². The second-order valence-corrected chi connectivity index (χ2v) is 13.0. The number of hydrogen-bond donors (Lipinski definition) is 0. The van der Waals surface area contributed by atoms with E-state index in [2.05, 4.69) is 28.9 Å². The highest BCUT2D eigenvalue weighted by Gasteiger charge is 2.38. The van der Waals surface area contributed by atoms with Crippen molar-refractivity contribution in [3.05, 3.63) is 77.7 Å². The molecule has 4 aromatic rings. The van der Waals surface area contributed by atoms with E-state index in [0.29, 0.717) is 28.6 Å². The molecule has 1 saturated heterocycles. The number of pyridine rings is 2. The van der Waals surface area contributed by atoms with Gasteiger partial charge >= 0.3 is 6.09 Å². The van der Waals surface area contributed by atoms with Crippen LogP contribution in [0, 0.1) is 0 Å². The lowest BCUT2D eigenvalue weighted by Crippen LogP contribution is -2.39. The molecule has 0 atom stereocenters. The number of para-hydroxylation sites is 1. The number of hydrogen-bond acceptors (Lipinski definition) is 8. The molecule has 2 aliphatic heterocycles. The zero-order chi connectivity index (χ0) is 31.2. The van der Waals surface area contributed by atoms with Crippen LogP contribution in [0.1, 0.15) is 69.1 Å². The third-order valence-corrected chi connectivity index (χ3v) is 8.08. The maximum atomic E-state index is 14.1. The average Bonchev–Trinajstić information content (AvgIpc) is 3.70. The first-order valence-corrected chi connectivity index (χ1v) is 14.9. The molecule has 228 valence electrons. The van der Waals surface area contributed by atoms with Gasteiger partial charge in [-0.05, 0) is 77.8 Å². The third-order valence-electron chi connectivity index (χ3n) is 8.08. The van der Waals surface area contributed by atoms with E-state index in [1.54, 1.807) is 18.3 Å². The third kappa shape index (κ3) is 5.61. The van der Waals surface area contributed by atoms with Crippen LogP contribution in [0.3, 0.4) is 0 Å². The Balaban J connectivity index is 1.36. The van der Waals surface area contributed by atoms with Crippen molar-refractivity contribution in [2.75, 3.05) is 23.4 Å². The van der Waals surface area contributed by atoms with Gasteiger partial charge in [-0.3, -0.25) is 14.3 Å². The lowest BCUT2D eigenvalue weighted by Gasteiger charge is -2.33. The van der Waals surface area contributed by atoms with Gasteiger partial charge in [-0.2, -0.15) is 0 Å². The maximum Gasteiger partial charge on any atom is 0.410 e. The van der Waals surface area contributed by atoms with Crippen LogP contribution in [0.25, 0.3) is 17.2 Å². The molecule has 2 aliphatic rings. The molecular weight excluding hydrogens is 556 g/mol. The number of anilines is 2. The molecule has 3 aromatic heterocycles. The molecule has 0 unspecified atom stereocenters. The highest BCUT2D eigenvalue weighted by molar-refractivity contribution is 6.10. The van der Waals surface area contributed by atoms with Gasteiger partial charge in [-0.25, -0.2) is 14.8 Å². The molecule has 0 N–H and O–H groups in total. The van der Waals surface area contributed by atoms with Gasteiger partial charge in [0.2, 0.25) is 0 Å². The van der Waals surface area contributed by atoms with Gasteiger partial charge in [0, 0.05) is 30.4 Å². The number of benzene rings is 1. The van der Waals surface area contributed by atoms with E-state index in [9.17, 15) is 9.59 Å². The lowest BCUT2D eigenvalue weighted by molar-refractivity contribution is 0.0282. The van der Waals surface area contributed by atoms with Crippen LogP contribution >= 0.6 is 0 Å². The fourth-order valence-corrected chi connectivity index (χ4v) is 5.85. The summed E-state index contributed by atoms with van der Waals surface area (Å²) in [6.07, 6.45) is 3.28. The summed E-state index contributed by atoms with van der Waals surface area (Å²) in [5, 5.41) is 8.45. The molecular formula is C33H38N8O3. The Morgan fingerprint density at radius 2 is 1.82 bits per heavy atom. The molecule has 2 amide bonds. The molecule has 44 heavy (non-hydrogen) atoms. The Kier molecular flexibility index (Phi) is 7.35. The summed E-state index contributed by atoms with van der Waals surface area (Å²) < 4.78 is 7.47. The number of amides is 2. The summed E-state index contributed by atoms with van der Waals surface area (Å²) in [6, 6.07) is 17.2. The van der Waals surface area contributed by atoms with E-state index in [1.807, 2.05) is 79.9 Å². The first-order valence-electron chi connectivity index (χ1n) is 14.9. The minimum atomic E-state index is -0.629. The van der Waals surface area contributed by atoms with Crippen LogP contribution in [0.5, 0.6) is 0 Å². The van der Waals surface area contributed by atoms with Gasteiger partial charge < -0.3 is 14.5 Å². The van der Waals surface area contributed by atoms with E-state index in [-0.39, 0.29) is 24.5 Å². The minimum Gasteiger partial charge on any atom is -0.444 e. The Labute approximate surface area is 257 Å². The van der Waals surface area contributed by atoms with E-state index in [1.165, 1.54) is 4.90 Å². The fourth-order valence-electron chi connectivity index (χ4n) is 5.85. The van der Waals surface area contributed by atoms with Crippen molar-refractivity contribution >= 4 is 23.6 Å². The second kappa shape index (κ2) is 11.0. The molecule has 5 heterocycles. The summed E-state index contributed by atoms with van der Waals surface area (Å²) >= 11 is 0. The second-order valence-electron chi connectivity index (χ2n) is 13.0. The van der Waals surface area contributed by atoms with Gasteiger partial charge in [-0.1, -0.05) is 24.3 Å². The van der Waals surface area contributed by atoms with Gasteiger partial charge in [0.25, 0.3) is 5.91 Å². The van der Waals surface area contributed by atoms with E-state index in [4.69, 9.17) is 14.7 Å². The van der Waals surface area contributed by atoms with Crippen molar-refractivity contribution in [2.24, 2.45) is 0 Å². The summed E-state index contributed by atoms with van der Waals surface area (Å²) in [5.41, 5.74) is 2.81. The monoisotopic (exact) mass is 594 g/mol. The number of rotatable bonds is 6. The number of aromatic nitrogens is 5. The maximum absolute atomic E-state index is 14.1. The quantitative estimate of drug-likeness (QED) is 0.283. The molecule has 0 spiro atoms. The SMILES string of the molecule is CN(Cc1nc(N2CCCC2(C)C)cc2c1CN(c1cccc(-c3nncn3-c3ccccc3)n1)C2=O)C(=O)OC(C)(C)C. The van der Waals surface area contributed by atoms with Crippen LogP contribution in [-0.2, 0) is 17.8 Å². The Morgan fingerprint density at radius 1 is 1.05 bits per heavy atom. The number of carbonyl (C=O) groups is 2. The molecule has 0 aliphatic carbocycles. The highest BCUT2D eigenvalue weighted by Crippen LogP contribution is 2.37. The van der Waals surface area contributed by atoms with Crippen LogP contribution in [-0.4, -0.2) is 66.4 Å². The van der Waals surface area contributed by atoms with Gasteiger partial charge in [-0.15, -0.1) is 10.2 Å². The van der Waals surface area contributed by atoms with E-state index >= 15 is 0 Å². The zero-order valence-corrected chi connectivity index (χ0v) is 26.1. The standard InChI is InChI=1S/C33H38N8O3/c1-32(2,3)44-31(43)38(6)20-26-24-19-39(30(42)23(24)18-28(36-26)41-17-11-16-33(41,4)5)27-15-10-14-25(35-27)29-37-34-21-40(29)22-12-8-7-9-13-22/h7-10,12-15,18,21H,11,16-17,19-20H2,1-6H3. The van der Waals surface area contributed by atoms with Crippen LogP contribution < -0.4 is 9.80 Å². The largest absolute Gasteiger partial charge is 0.444 e. The first-order chi connectivity index (χ1) is 20.9. The molecule has 6 rings (SSSR count). The van der Waals surface area contributed by atoms with Crippen molar-refractivity contribution < 1.29 is 14.3 Å². The molecule has 0 bridgehead atoms. The van der Waals surface area contributed by atoms with E-state index < -0.39 is 11.7 Å². The minimum absolute atomic E-state index is 0.0957. The van der Waals surface area contributed by atoms with Crippen molar-refractivity contribution in [3.8, 4) is 17.2 Å². The predicted molar refractivity (Wildman–Crippen MR) is 168 cm³/mol. The summed E-state index contributed by atoms with van der Waals surface area (Å²) in [5.74, 6) is 1.66. The summed E-state index contributed by atoms with van der Waals surface area (Å²) in [4.78, 5) is 42.3. The van der Waals surface area contributed by atoms with E-state index in [0.717, 1.165) is 36.5 Å². The van der Waals surface area contributed by atoms with Crippen LogP contribution in [0.2, 0.25) is 0 Å². The smallest absolute Gasteiger partial charge is 0.410 e. The topological polar surface area (TPSA) is 110 Å². The Morgan fingerprint density at radius 3 is 2.52 bits per heavy atom. The molecule has 0 saturated carbocycles. The lowest BCUT2D eigenvalue weighted by atomic mass is 10.0. The molecule has 11 nitrogen and oxygen atoms in total. The average molecular weight is 595 g/mol. The fraction of sp³-hybridized carbons (Fsp3) is 0.394. The van der Waals surface area contributed by atoms with Crippen molar-refractivity contribution in [3.63, 3.8) is 0 Å². The molecule has 1 fully saturated rings. The molecule has 11 heteroatoms. The van der Waals surface area contributed by atoms with Crippen LogP contribution in [0.15, 0.2) is 60.9 Å². The first kappa shape index (κ1) is 29.3. The van der Waals surface area contributed by atoms with Gasteiger partial charge in [0.15, 0.2) is 5.82 Å². The molecule has 1 aromatic carbocycles.